The van der Waals surface area contributed by atoms with Crippen LogP contribution in [0.5, 0.6) is 0 Å². The highest BCUT2D eigenvalue weighted by molar-refractivity contribution is 7.22. The molecule has 0 radical (unpaired) electrons. The van der Waals surface area contributed by atoms with Crippen LogP contribution in [0.1, 0.15) is 20.9 Å². The van der Waals surface area contributed by atoms with Crippen molar-refractivity contribution in [1.82, 2.24) is 4.98 Å². The lowest BCUT2D eigenvalue weighted by molar-refractivity contribution is 0.112. The van der Waals surface area contributed by atoms with Gasteiger partial charge in [0, 0.05) is 0 Å². The second kappa shape index (κ2) is 3.63. The molecule has 2 aromatic heterocycles. The fourth-order valence-electron chi connectivity index (χ4n) is 1.21. The first-order valence-electron chi connectivity index (χ1n) is 4.19. The molecule has 0 atom stereocenters. The summed E-state index contributed by atoms with van der Waals surface area (Å²) in [5.41, 5.74) is 2.05. The minimum atomic E-state index is 0.729. The third-order valence-electron chi connectivity index (χ3n) is 2.00. The lowest BCUT2D eigenvalue weighted by atomic mass is 10.3. The van der Waals surface area contributed by atoms with E-state index in [4.69, 9.17) is 0 Å². The summed E-state index contributed by atoms with van der Waals surface area (Å²) in [5.74, 6) is 0. The van der Waals surface area contributed by atoms with Gasteiger partial charge in [-0.25, -0.2) is 4.98 Å². The first-order chi connectivity index (χ1) is 6.72. The monoisotopic (exact) mass is 223 g/mol. The summed E-state index contributed by atoms with van der Waals surface area (Å²) < 4.78 is 0. The normalized spacial score (nSPS) is 10.4. The first kappa shape index (κ1) is 9.55. The molecule has 0 saturated carbocycles. The van der Waals surface area contributed by atoms with Crippen LogP contribution < -0.4 is 0 Å². The van der Waals surface area contributed by atoms with Crippen LogP contribution in [0.15, 0.2) is 11.4 Å². The van der Waals surface area contributed by atoms with Crippen molar-refractivity contribution in [2.24, 2.45) is 0 Å². The Morgan fingerprint density at radius 1 is 1.43 bits per heavy atom. The Bertz CT molecular complexity index is 470. The molecule has 2 rings (SSSR count). The largest absolute Gasteiger partial charge is 0.297 e. The molecule has 2 heterocycles. The Morgan fingerprint density at radius 2 is 2.21 bits per heavy atom. The van der Waals surface area contributed by atoms with E-state index in [2.05, 4.69) is 18.0 Å². The van der Waals surface area contributed by atoms with Crippen LogP contribution in [0.3, 0.4) is 0 Å². The molecule has 0 amide bonds. The van der Waals surface area contributed by atoms with Crippen LogP contribution in [-0.4, -0.2) is 11.3 Å². The molecule has 0 aliphatic heterocycles. The maximum atomic E-state index is 10.7. The van der Waals surface area contributed by atoms with Crippen LogP contribution in [0.25, 0.3) is 9.88 Å². The molecule has 0 saturated heterocycles. The van der Waals surface area contributed by atoms with E-state index in [0.29, 0.717) is 0 Å². The summed E-state index contributed by atoms with van der Waals surface area (Å²) >= 11 is 3.13. The number of aromatic nitrogens is 1. The minimum Gasteiger partial charge on any atom is -0.297 e. The minimum absolute atomic E-state index is 0.729. The van der Waals surface area contributed by atoms with Crippen molar-refractivity contribution in [3.63, 3.8) is 0 Å². The van der Waals surface area contributed by atoms with E-state index in [1.807, 2.05) is 12.3 Å². The van der Waals surface area contributed by atoms with E-state index < -0.39 is 0 Å². The van der Waals surface area contributed by atoms with Gasteiger partial charge in [0.15, 0.2) is 6.29 Å². The number of carbonyl (C=O) groups is 1. The number of thiazole rings is 1. The summed E-state index contributed by atoms with van der Waals surface area (Å²) in [6, 6.07) is 2.07. The Morgan fingerprint density at radius 3 is 2.71 bits per heavy atom. The molecular formula is C10H9NOS2. The predicted octanol–water partition coefficient (Wildman–Crippen LogP) is 3.30. The van der Waals surface area contributed by atoms with Crippen LogP contribution in [0, 0.1) is 13.8 Å². The molecule has 72 valence electrons. The van der Waals surface area contributed by atoms with E-state index in [9.17, 15) is 4.79 Å². The predicted molar refractivity (Wildman–Crippen MR) is 60.3 cm³/mol. The zero-order chi connectivity index (χ0) is 10.1. The maximum Gasteiger partial charge on any atom is 0.161 e. The van der Waals surface area contributed by atoms with Crippen LogP contribution in [-0.2, 0) is 0 Å². The van der Waals surface area contributed by atoms with Gasteiger partial charge in [-0.2, -0.15) is 0 Å². The molecule has 2 aromatic rings. The Hall–Kier alpha value is -1.00. The van der Waals surface area contributed by atoms with Gasteiger partial charge in [0.25, 0.3) is 0 Å². The van der Waals surface area contributed by atoms with Gasteiger partial charge in [0.05, 0.1) is 15.4 Å². The summed E-state index contributed by atoms with van der Waals surface area (Å²) in [5, 5.41) is 3.00. The molecule has 0 aliphatic rings. The molecule has 2 nitrogen and oxygen atoms in total. The van der Waals surface area contributed by atoms with Gasteiger partial charge in [-0.1, -0.05) is 0 Å². The van der Waals surface area contributed by atoms with Gasteiger partial charge in [0.2, 0.25) is 0 Å². The topological polar surface area (TPSA) is 30.0 Å². The summed E-state index contributed by atoms with van der Waals surface area (Å²) in [7, 11) is 0. The van der Waals surface area contributed by atoms with Crippen molar-refractivity contribution in [2.45, 2.75) is 13.8 Å². The number of hydrogen-bond acceptors (Lipinski definition) is 4. The third kappa shape index (κ3) is 1.51. The van der Waals surface area contributed by atoms with E-state index >= 15 is 0 Å². The van der Waals surface area contributed by atoms with E-state index in [1.54, 1.807) is 11.3 Å². The van der Waals surface area contributed by atoms with Crippen LogP contribution >= 0.6 is 22.7 Å². The van der Waals surface area contributed by atoms with Gasteiger partial charge in [-0.05, 0) is 30.9 Å². The lowest BCUT2D eigenvalue weighted by Crippen LogP contribution is -1.77. The van der Waals surface area contributed by atoms with Crippen molar-refractivity contribution in [1.29, 1.82) is 0 Å². The highest BCUT2D eigenvalue weighted by Crippen LogP contribution is 2.33. The summed E-state index contributed by atoms with van der Waals surface area (Å²) in [4.78, 5) is 17.0. The van der Waals surface area contributed by atoms with E-state index in [-0.39, 0.29) is 0 Å². The molecule has 14 heavy (non-hydrogen) atoms. The second-order valence-electron chi connectivity index (χ2n) is 3.02. The zero-order valence-electron chi connectivity index (χ0n) is 7.90. The number of nitrogens with zero attached hydrogens (tertiary/aromatic N) is 1. The number of aldehydes is 1. The number of hydrogen-bond donors (Lipinski definition) is 0. The highest BCUT2D eigenvalue weighted by Gasteiger charge is 2.11. The van der Waals surface area contributed by atoms with Gasteiger partial charge in [-0.3, -0.25) is 4.79 Å². The third-order valence-corrected chi connectivity index (χ3v) is 4.25. The fraction of sp³-hybridized carbons (Fsp3) is 0.200. The van der Waals surface area contributed by atoms with Crippen molar-refractivity contribution < 1.29 is 4.79 Å². The Balaban J connectivity index is 2.53. The fourth-order valence-corrected chi connectivity index (χ4v) is 3.17. The van der Waals surface area contributed by atoms with Gasteiger partial charge < -0.3 is 0 Å². The van der Waals surface area contributed by atoms with Crippen molar-refractivity contribution in [3.8, 4) is 9.88 Å². The zero-order valence-corrected chi connectivity index (χ0v) is 9.54. The average molecular weight is 223 g/mol. The maximum absolute atomic E-state index is 10.7. The van der Waals surface area contributed by atoms with Gasteiger partial charge in [-0.15, -0.1) is 22.7 Å². The first-order valence-corrected chi connectivity index (χ1v) is 5.89. The van der Waals surface area contributed by atoms with Crippen molar-refractivity contribution in [3.05, 3.63) is 27.6 Å². The number of thiophene rings is 1. The summed E-state index contributed by atoms with van der Waals surface area (Å²) in [6.45, 7) is 3.93. The van der Waals surface area contributed by atoms with Crippen LogP contribution in [0.2, 0.25) is 0 Å². The molecule has 4 heteroatoms. The molecule has 0 N–H and O–H groups in total. The molecule has 0 aliphatic carbocycles. The molecule has 0 bridgehead atoms. The Kier molecular flexibility index (Phi) is 2.48. The second-order valence-corrected chi connectivity index (χ2v) is 4.97. The smallest absolute Gasteiger partial charge is 0.161 e. The number of aryl methyl sites for hydroxylation is 2. The average Bonchev–Trinajstić information content (AvgIpc) is 2.71. The Labute approximate surface area is 90.2 Å². The van der Waals surface area contributed by atoms with E-state index in [0.717, 1.165) is 21.9 Å². The molecular weight excluding hydrogens is 214 g/mol. The molecule has 0 fully saturated rings. The van der Waals surface area contributed by atoms with Crippen molar-refractivity contribution in [2.75, 3.05) is 0 Å². The number of rotatable bonds is 2. The molecule has 0 unspecified atom stereocenters. The van der Waals surface area contributed by atoms with Crippen molar-refractivity contribution >= 4 is 29.0 Å². The highest BCUT2D eigenvalue weighted by atomic mass is 32.1. The van der Waals surface area contributed by atoms with Crippen LogP contribution in [0.4, 0.5) is 0 Å². The number of carbonyl (C=O) groups excluding carboxylic acids is 1. The lowest BCUT2D eigenvalue weighted by Gasteiger charge is -1.90. The van der Waals surface area contributed by atoms with E-state index in [1.165, 1.54) is 21.8 Å². The summed E-state index contributed by atoms with van der Waals surface area (Å²) in [6.07, 6.45) is 0.874. The SMILES string of the molecule is Cc1ccsc1-c1nc(C)c(C=O)s1. The molecule has 0 aromatic carbocycles. The molecule has 0 spiro atoms. The quantitative estimate of drug-likeness (QED) is 0.731. The van der Waals surface area contributed by atoms with Gasteiger partial charge >= 0.3 is 0 Å². The van der Waals surface area contributed by atoms with Gasteiger partial charge in [0.1, 0.15) is 5.01 Å². The standard InChI is InChI=1S/C10H9NOS2/c1-6-3-4-13-9(6)10-11-7(2)8(5-12)14-10/h3-5H,1-2H3.